The highest BCUT2D eigenvalue weighted by molar-refractivity contribution is 5.80. The van der Waals surface area contributed by atoms with E-state index in [9.17, 15) is 0 Å². The first-order valence-electron chi connectivity index (χ1n) is 14.8. The van der Waals surface area contributed by atoms with Crippen LogP contribution in [0.1, 0.15) is 22.3 Å². The summed E-state index contributed by atoms with van der Waals surface area (Å²) in [5.41, 5.74) is 10.1. The lowest BCUT2D eigenvalue weighted by Crippen LogP contribution is -2.34. The van der Waals surface area contributed by atoms with E-state index in [4.69, 9.17) is 4.74 Å². The average Bonchev–Trinajstić information content (AvgIpc) is 3.11. The van der Waals surface area contributed by atoms with Gasteiger partial charge < -0.3 is 4.74 Å². The maximum Gasteiger partial charge on any atom is 0.132 e. The zero-order valence-electron chi connectivity index (χ0n) is 24.0. The van der Waals surface area contributed by atoms with Crippen molar-refractivity contribution >= 4 is 0 Å². The van der Waals surface area contributed by atoms with E-state index in [0.717, 1.165) is 56.3 Å². The van der Waals surface area contributed by atoms with Gasteiger partial charge in [-0.15, -0.1) is 10.2 Å². The quantitative estimate of drug-likeness (QED) is 0.209. The maximum atomic E-state index is 6.52. The van der Waals surface area contributed by atoms with Crippen molar-refractivity contribution in [3.8, 4) is 45.1 Å². The van der Waals surface area contributed by atoms with Gasteiger partial charge in [-0.2, -0.15) is 0 Å². The number of aromatic nitrogens is 2. The molecular weight excluding hydrogens is 536 g/mol. The van der Waals surface area contributed by atoms with Crippen LogP contribution in [0.25, 0.3) is 33.6 Å². The van der Waals surface area contributed by atoms with Crippen molar-refractivity contribution in [2.75, 3.05) is 0 Å². The van der Waals surface area contributed by atoms with Crippen LogP contribution in [0.2, 0.25) is 0 Å². The van der Waals surface area contributed by atoms with E-state index in [1.807, 2.05) is 36.4 Å². The van der Waals surface area contributed by atoms with E-state index < -0.39 is 5.41 Å². The topological polar surface area (TPSA) is 35.0 Å². The predicted octanol–water partition coefficient (Wildman–Crippen LogP) is 9.97. The highest BCUT2D eigenvalue weighted by Crippen LogP contribution is 2.56. The molecular formula is C41H28N2O. The van der Waals surface area contributed by atoms with Crippen molar-refractivity contribution in [2.24, 2.45) is 0 Å². The van der Waals surface area contributed by atoms with Gasteiger partial charge in [0.2, 0.25) is 0 Å². The fourth-order valence-corrected chi connectivity index (χ4v) is 6.60. The lowest BCUT2D eigenvalue weighted by atomic mass is 9.62. The number of hydrogen-bond donors (Lipinski definition) is 0. The van der Waals surface area contributed by atoms with Crippen LogP contribution in [0.3, 0.4) is 0 Å². The summed E-state index contributed by atoms with van der Waals surface area (Å²) in [4.78, 5) is 0. The molecule has 3 heteroatoms. The van der Waals surface area contributed by atoms with Crippen LogP contribution in [-0.2, 0) is 5.41 Å². The number of para-hydroxylation sites is 2. The molecule has 7 aromatic rings. The second-order valence-electron chi connectivity index (χ2n) is 11.0. The zero-order valence-corrected chi connectivity index (χ0v) is 24.0. The largest absolute Gasteiger partial charge is 0.457 e. The van der Waals surface area contributed by atoms with Crippen molar-refractivity contribution in [1.29, 1.82) is 0 Å². The lowest BCUT2D eigenvalue weighted by molar-refractivity contribution is 0.434. The molecule has 0 saturated heterocycles. The van der Waals surface area contributed by atoms with E-state index in [0.29, 0.717) is 0 Å². The van der Waals surface area contributed by atoms with Gasteiger partial charge in [0.15, 0.2) is 0 Å². The molecule has 1 aromatic heterocycles. The third-order valence-corrected chi connectivity index (χ3v) is 8.54. The summed E-state index contributed by atoms with van der Waals surface area (Å²) in [6, 6.07) is 59.3. The fourth-order valence-electron chi connectivity index (χ4n) is 6.60. The molecule has 2 heterocycles. The summed E-state index contributed by atoms with van der Waals surface area (Å²) in [6.45, 7) is 0. The van der Waals surface area contributed by atoms with Gasteiger partial charge in [-0.05, 0) is 52.6 Å². The Labute approximate surface area is 257 Å². The molecule has 0 aliphatic carbocycles. The standard InChI is InChI=1S/C41H28N2O/c1-3-14-29(15-4-1)37-26-27-38(43-42-37)31-17-13-16-30(28-31)33-20-7-8-21-34(33)41(32-18-5-2-6-19-32)35-22-9-11-24-39(35)44-40-25-12-10-23-36(40)41/h1-28H. The molecule has 0 N–H and O–H groups in total. The molecule has 0 unspecified atom stereocenters. The average molecular weight is 565 g/mol. The van der Waals surface area contributed by atoms with Gasteiger partial charge in [0.25, 0.3) is 0 Å². The molecule has 0 radical (unpaired) electrons. The second kappa shape index (κ2) is 10.8. The Morgan fingerprint density at radius 2 is 0.886 bits per heavy atom. The number of benzene rings is 6. The summed E-state index contributed by atoms with van der Waals surface area (Å²) >= 11 is 0. The van der Waals surface area contributed by atoms with E-state index in [2.05, 4.69) is 144 Å². The number of hydrogen-bond acceptors (Lipinski definition) is 3. The van der Waals surface area contributed by atoms with Gasteiger partial charge in [-0.1, -0.05) is 140 Å². The number of ether oxygens (including phenoxy) is 1. The van der Waals surface area contributed by atoms with E-state index >= 15 is 0 Å². The number of rotatable bonds is 5. The first-order valence-corrected chi connectivity index (χ1v) is 14.8. The first kappa shape index (κ1) is 25.9. The Kier molecular flexibility index (Phi) is 6.35. The third-order valence-electron chi connectivity index (χ3n) is 8.54. The highest BCUT2D eigenvalue weighted by atomic mass is 16.5. The normalized spacial score (nSPS) is 12.9. The van der Waals surface area contributed by atoms with Crippen molar-refractivity contribution in [3.05, 3.63) is 192 Å². The monoisotopic (exact) mass is 564 g/mol. The van der Waals surface area contributed by atoms with Gasteiger partial charge in [0.05, 0.1) is 16.8 Å². The summed E-state index contributed by atoms with van der Waals surface area (Å²) in [5, 5.41) is 9.18. The molecule has 0 spiro atoms. The molecule has 8 rings (SSSR count). The van der Waals surface area contributed by atoms with Gasteiger partial charge in [0.1, 0.15) is 11.5 Å². The predicted molar refractivity (Wildman–Crippen MR) is 177 cm³/mol. The van der Waals surface area contributed by atoms with Gasteiger partial charge >= 0.3 is 0 Å². The number of fused-ring (bicyclic) bond motifs is 2. The van der Waals surface area contributed by atoms with Gasteiger partial charge in [0, 0.05) is 22.3 Å². The molecule has 0 amide bonds. The summed E-state index contributed by atoms with van der Waals surface area (Å²) < 4.78 is 6.52. The van der Waals surface area contributed by atoms with E-state index in [1.54, 1.807) is 0 Å². The maximum absolute atomic E-state index is 6.52. The molecule has 44 heavy (non-hydrogen) atoms. The van der Waals surface area contributed by atoms with Crippen LogP contribution in [-0.4, -0.2) is 10.2 Å². The van der Waals surface area contributed by atoms with Crippen LogP contribution in [0.4, 0.5) is 0 Å². The first-order chi connectivity index (χ1) is 21.8. The lowest BCUT2D eigenvalue weighted by Gasteiger charge is -2.42. The smallest absolute Gasteiger partial charge is 0.132 e. The Balaban J connectivity index is 1.33. The van der Waals surface area contributed by atoms with E-state index in [-0.39, 0.29) is 0 Å². The Bertz CT molecular complexity index is 2040. The number of nitrogens with zero attached hydrogens (tertiary/aromatic N) is 2. The van der Waals surface area contributed by atoms with Crippen LogP contribution < -0.4 is 4.74 Å². The zero-order chi connectivity index (χ0) is 29.3. The van der Waals surface area contributed by atoms with E-state index in [1.165, 1.54) is 11.1 Å². The Morgan fingerprint density at radius 3 is 1.55 bits per heavy atom. The molecule has 0 saturated carbocycles. The molecule has 0 atom stereocenters. The minimum atomic E-state index is -0.601. The van der Waals surface area contributed by atoms with Crippen LogP contribution >= 0.6 is 0 Å². The van der Waals surface area contributed by atoms with Crippen LogP contribution in [0.15, 0.2) is 170 Å². The summed E-state index contributed by atoms with van der Waals surface area (Å²) in [5.74, 6) is 1.74. The SMILES string of the molecule is c1ccc(-c2ccc(-c3cccc(-c4ccccc4C4(c5ccccc5)c5ccccc5Oc5ccccc54)c3)nn2)cc1. The van der Waals surface area contributed by atoms with Crippen LogP contribution in [0.5, 0.6) is 11.5 Å². The highest BCUT2D eigenvalue weighted by Gasteiger charge is 2.46. The van der Waals surface area contributed by atoms with Crippen molar-refractivity contribution in [2.45, 2.75) is 5.41 Å². The van der Waals surface area contributed by atoms with Gasteiger partial charge in [-0.3, -0.25) is 0 Å². The molecule has 1 aliphatic rings. The van der Waals surface area contributed by atoms with Crippen molar-refractivity contribution in [1.82, 2.24) is 10.2 Å². The fraction of sp³-hybridized carbons (Fsp3) is 0.0244. The van der Waals surface area contributed by atoms with Crippen molar-refractivity contribution in [3.63, 3.8) is 0 Å². The molecule has 1 aliphatic heterocycles. The Hall–Kier alpha value is -5.80. The second-order valence-corrected chi connectivity index (χ2v) is 11.0. The molecule has 0 fully saturated rings. The molecule has 3 nitrogen and oxygen atoms in total. The van der Waals surface area contributed by atoms with Crippen LogP contribution in [0, 0.1) is 0 Å². The minimum absolute atomic E-state index is 0.601. The van der Waals surface area contributed by atoms with Crippen molar-refractivity contribution < 1.29 is 4.74 Å². The summed E-state index contributed by atoms with van der Waals surface area (Å²) in [7, 11) is 0. The van der Waals surface area contributed by atoms with Gasteiger partial charge in [-0.25, -0.2) is 0 Å². The Morgan fingerprint density at radius 1 is 0.386 bits per heavy atom. The molecule has 208 valence electrons. The molecule has 0 bridgehead atoms. The molecule has 6 aromatic carbocycles. The minimum Gasteiger partial charge on any atom is -0.457 e. The third kappa shape index (κ3) is 4.21. The summed E-state index contributed by atoms with van der Waals surface area (Å²) in [6.07, 6.45) is 0.